The molecule has 0 saturated carbocycles. The predicted octanol–water partition coefficient (Wildman–Crippen LogP) is 0.484. The summed E-state index contributed by atoms with van der Waals surface area (Å²) in [6.45, 7) is 3.05. The number of aromatic hydroxyl groups is 2. The maximum Gasteiger partial charge on any atom is 0.341 e. The molecule has 3 aliphatic rings. The maximum atomic E-state index is 14.2. The van der Waals surface area contributed by atoms with E-state index in [-0.39, 0.29) is 27.6 Å². The van der Waals surface area contributed by atoms with Crippen molar-refractivity contribution in [2.24, 2.45) is 0 Å². The van der Waals surface area contributed by atoms with Gasteiger partial charge in [0.1, 0.15) is 46.9 Å². The van der Waals surface area contributed by atoms with E-state index in [1.54, 1.807) is 6.92 Å². The number of ketones is 3. The number of phenols is 2. The lowest BCUT2D eigenvalue weighted by molar-refractivity contribution is -0.282. The lowest BCUT2D eigenvalue weighted by Gasteiger charge is -2.49. The van der Waals surface area contributed by atoms with E-state index in [4.69, 9.17) is 37.9 Å². The van der Waals surface area contributed by atoms with Crippen molar-refractivity contribution >= 4 is 34.1 Å². The highest BCUT2D eigenvalue weighted by molar-refractivity contribution is 6.36. The summed E-state index contributed by atoms with van der Waals surface area (Å²) in [7, 11) is 7.29. The molecule has 0 radical (unpaired) electrons. The number of ether oxygens (including phenoxy) is 8. The Morgan fingerprint density at radius 1 is 0.896 bits per heavy atom. The number of fused-ring (bicyclic) bond motifs is 3. The lowest BCUT2D eigenvalue weighted by atomic mass is 9.60. The normalized spacial score (nSPS) is 31.6. The minimum absolute atomic E-state index is 0.0787. The molecule has 2 aromatic rings. The van der Waals surface area contributed by atoms with Gasteiger partial charge in [-0.05, 0) is 25.5 Å². The SMILES string of the molecule is COC(=O)c1c(OC2OC(C)C(OC)C(OC)C2OC)cc2c(O)c3c(c(O)c2c1C)C(=O)C1(OC)C(=O)C=C(OC)C(O)C1(O)C3=O. The first-order valence-corrected chi connectivity index (χ1v) is 14.6. The number of Topliss-reactive ketones (excluding diaryl/α,β-unsaturated/α-hetero) is 2. The fourth-order valence-electron chi connectivity index (χ4n) is 7.05. The molecule has 0 bridgehead atoms. The second-order valence-corrected chi connectivity index (χ2v) is 11.5. The van der Waals surface area contributed by atoms with Gasteiger partial charge in [0.2, 0.25) is 34.8 Å². The van der Waals surface area contributed by atoms with Crippen LogP contribution in [0.5, 0.6) is 17.2 Å². The molecule has 260 valence electrons. The molecule has 1 saturated heterocycles. The highest BCUT2D eigenvalue weighted by Gasteiger charge is 2.75. The molecule has 5 rings (SSSR count). The highest BCUT2D eigenvalue weighted by atomic mass is 16.7. The number of hydrogen-bond donors (Lipinski definition) is 4. The van der Waals surface area contributed by atoms with E-state index in [2.05, 4.69) is 0 Å². The summed E-state index contributed by atoms with van der Waals surface area (Å²) in [5.41, 5.74) is -8.59. The third-order valence-electron chi connectivity index (χ3n) is 9.42. The molecule has 16 heteroatoms. The predicted molar refractivity (Wildman–Crippen MR) is 160 cm³/mol. The average molecular weight is 677 g/mol. The number of rotatable bonds is 8. The van der Waals surface area contributed by atoms with E-state index in [0.717, 1.165) is 27.4 Å². The topological polar surface area (TPSA) is 223 Å². The Balaban J connectivity index is 1.80. The first-order chi connectivity index (χ1) is 22.7. The van der Waals surface area contributed by atoms with E-state index in [9.17, 15) is 39.6 Å². The van der Waals surface area contributed by atoms with Gasteiger partial charge in [0, 0.05) is 45.3 Å². The van der Waals surface area contributed by atoms with Crippen molar-refractivity contribution in [1.29, 1.82) is 0 Å². The molecule has 0 amide bonds. The van der Waals surface area contributed by atoms with Crippen LogP contribution in [0.15, 0.2) is 17.9 Å². The van der Waals surface area contributed by atoms with Crippen LogP contribution in [0.25, 0.3) is 10.8 Å². The Hall–Kier alpha value is -4.16. The van der Waals surface area contributed by atoms with Crippen molar-refractivity contribution in [3.63, 3.8) is 0 Å². The van der Waals surface area contributed by atoms with E-state index < -0.39 is 99.7 Å². The average Bonchev–Trinajstić information content (AvgIpc) is 3.06. The largest absolute Gasteiger partial charge is 0.507 e. The summed E-state index contributed by atoms with van der Waals surface area (Å²) in [4.78, 5) is 54.9. The Kier molecular flexibility index (Phi) is 9.07. The number of hydrogen-bond acceptors (Lipinski definition) is 16. The number of carbonyl (C=O) groups excluding carboxylic acids is 4. The molecule has 48 heavy (non-hydrogen) atoms. The first kappa shape index (κ1) is 35.2. The molecule has 8 unspecified atom stereocenters. The van der Waals surface area contributed by atoms with Crippen molar-refractivity contribution < 1.29 is 77.5 Å². The fourth-order valence-corrected chi connectivity index (χ4v) is 7.05. The van der Waals surface area contributed by atoms with Crippen LogP contribution in [0.3, 0.4) is 0 Å². The van der Waals surface area contributed by atoms with Crippen molar-refractivity contribution in [3.8, 4) is 17.2 Å². The van der Waals surface area contributed by atoms with Crippen LogP contribution in [0.4, 0.5) is 0 Å². The van der Waals surface area contributed by atoms with E-state index in [0.29, 0.717) is 6.08 Å². The third kappa shape index (κ3) is 4.41. The monoisotopic (exact) mass is 676 g/mol. The second kappa shape index (κ2) is 12.4. The minimum Gasteiger partial charge on any atom is -0.507 e. The van der Waals surface area contributed by atoms with E-state index in [1.165, 1.54) is 28.3 Å². The molecule has 4 N–H and O–H groups in total. The van der Waals surface area contributed by atoms with Crippen LogP contribution in [0, 0.1) is 6.92 Å². The fraction of sp³-hybridized carbons (Fsp3) is 0.500. The van der Waals surface area contributed by atoms with Gasteiger partial charge in [-0.1, -0.05) is 0 Å². The van der Waals surface area contributed by atoms with Crippen LogP contribution in [-0.2, 0) is 38.0 Å². The molecule has 8 atom stereocenters. The van der Waals surface area contributed by atoms with E-state index in [1.807, 2.05) is 0 Å². The summed E-state index contributed by atoms with van der Waals surface area (Å²) in [6, 6.07) is 1.10. The Morgan fingerprint density at radius 2 is 1.50 bits per heavy atom. The number of carbonyl (C=O) groups is 4. The highest BCUT2D eigenvalue weighted by Crippen LogP contribution is 2.54. The number of methoxy groups -OCH3 is 6. The number of esters is 1. The summed E-state index contributed by atoms with van der Waals surface area (Å²) >= 11 is 0. The number of aliphatic hydroxyl groups excluding tert-OH is 1. The van der Waals surface area contributed by atoms with Crippen LogP contribution in [-0.4, -0.2) is 134 Å². The number of benzene rings is 2. The molecule has 1 heterocycles. The van der Waals surface area contributed by atoms with Gasteiger partial charge >= 0.3 is 5.97 Å². The first-order valence-electron chi connectivity index (χ1n) is 14.6. The van der Waals surface area contributed by atoms with Gasteiger partial charge in [0.25, 0.3) is 0 Å². The zero-order valence-corrected chi connectivity index (χ0v) is 27.3. The van der Waals surface area contributed by atoms with Crippen molar-refractivity contribution in [2.45, 2.75) is 61.9 Å². The summed E-state index contributed by atoms with van der Waals surface area (Å²) in [5.74, 6) is -7.92. The maximum absolute atomic E-state index is 14.2. The van der Waals surface area contributed by atoms with Crippen LogP contribution >= 0.6 is 0 Å². The third-order valence-corrected chi connectivity index (χ3v) is 9.42. The standard InChI is InChI=1S/C32H36O16/c1-11-17-13(9-14(18(11)29(39)45-7)48-30-25(44-6)24(43-5)23(42-4)12(2)47-30)21(34)19-20(22(17)35)28(38)32(46-8)16(33)10-15(41-3)26(36)31(32,40)27(19)37/h9-10,12,23-26,30,34-36,40H,1-8H3. The molecule has 0 spiro atoms. The number of aliphatic hydroxyl groups is 2. The molecular weight excluding hydrogens is 640 g/mol. The minimum atomic E-state index is -3.34. The van der Waals surface area contributed by atoms with Gasteiger partial charge in [0.15, 0.2) is 6.10 Å². The summed E-state index contributed by atoms with van der Waals surface area (Å²) in [6.07, 6.45) is -5.69. The van der Waals surface area contributed by atoms with Crippen molar-refractivity contribution in [2.75, 3.05) is 42.7 Å². The molecule has 1 aliphatic heterocycles. The van der Waals surface area contributed by atoms with Crippen LogP contribution < -0.4 is 4.74 Å². The van der Waals surface area contributed by atoms with E-state index >= 15 is 0 Å². The smallest absolute Gasteiger partial charge is 0.341 e. The van der Waals surface area contributed by atoms with Crippen molar-refractivity contribution in [3.05, 3.63) is 40.2 Å². The molecule has 16 nitrogen and oxygen atoms in total. The molecule has 1 fully saturated rings. The quantitative estimate of drug-likeness (QED) is 0.170. The second-order valence-electron chi connectivity index (χ2n) is 11.5. The Morgan fingerprint density at radius 3 is 2.04 bits per heavy atom. The Bertz CT molecular complexity index is 1750. The molecule has 2 aliphatic carbocycles. The van der Waals surface area contributed by atoms with Gasteiger partial charge in [-0.2, -0.15) is 0 Å². The molecule has 0 aromatic heterocycles. The van der Waals surface area contributed by atoms with Gasteiger partial charge in [0.05, 0.1) is 31.5 Å². The Labute approximate surface area is 273 Å². The van der Waals surface area contributed by atoms with Gasteiger partial charge in [-0.25, -0.2) is 4.79 Å². The van der Waals surface area contributed by atoms with Crippen LogP contribution in [0.1, 0.15) is 43.6 Å². The summed E-state index contributed by atoms with van der Waals surface area (Å²) < 4.78 is 44.1. The van der Waals surface area contributed by atoms with Gasteiger partial charge in [-0.15, -0.1) is 0 Å². The van der Waals surface area contributed by atoms with Gasteiger partial charge < -0.3 is 58.3 Å². The van der Waals surface area contributed by atoms with Gasteiger partial charge in [-0.3, -0.25) is 14.4 Å². The number of aryl methyl sites for hydroxylation is 1. The molecule has 2 aromatic carbocycles. The molecular formula is C32H36O16. The van der Waals surface area contributed by atoms with Crippen LogP contribution in [0.2, 0.25) is 0 Å². The lowest BCUT2D eigenvalue weighted by Crippen LogP contribution is -2.77. The number of phenolic OH excluding ortho intramolecular Hbond substituents is 2. The summed E-state index contributed by atoms with van der Waals surface area (Å²) in [5, 5.41) is 45.5. The van der Waals surface area contributed by atoms with Crippen molar-refractivity contribution in [1.82, 2.24) is 0 Å². The zero-order chi connectivity index (χ0) is 35.6. The zero-order valence-electron chi connectivity index (χ0n) is 27.3.